The Bertz CT molecular complexity index is 536. The molecule has 0 aromatic heterocycles. The molecule has 8 heteroatoms. The van der Waals surface area contributed by atoms with E-state index in [-0.39, 0.29) is 22.3 Å². The third-order valence-electron chi connectivity index (χ3n) is 3.65. The smallest absolute Gasteiger partial charge is 0.311 e. The minimum Gasteiger partial charge on any atom is -0.481 e. The molecule has 0 spiro atoms. The van der Waals surface area contributed by atoms with Crippen molar-refractivity contribution in [2.24, 2.45) is 5.41 Å². The number of aliphatic carboxylic acids is 1. The summed E-state index contributed by atoms with van der Waals surface area (Å²) < 4.78 is 0. The van der Waals surface area contributed by atoms with Crippen LogP contribution in [0.25, 0.3) is 0 Å². The number of carbonyl (C=O) groups is 1. The van der Waals surface area contributed by atoms with Crippen molar-refractivity contribution in [3.05, 3.63) is 32.3 Å². The summed E-state index contributed by atoms with van der Waals surface area (Å²) in [4.78, 5) is 21.5. The van der Waals surface area contributed by atoms with Crippen LogP contribution in [0.3, 0.4) is 0 Å². The monoisotopic (exact) mass is 334 g/mol. The SMILES string of the molecule is CCC(CC)(CNc1c(Cl)cc([N+](=O)[O-])cc1Cl)C(=O)O. The van der Waals surface area contributed by atoms with Gasteiger partial charge in [0.1, 0.15) is 0 Å². The van der Waals surface area contributed by atoms with Crippen molar-refractivity contribution in [1.82, 2.24) is 0 Å². The number of benzene rings is 1. The fourth-order valence-corrected chi connectivity index (χ4v) is 2.58. The van der Waals surface area contributed by atoms with E-state index in [0.717, 1.165) is 0 Å². The maximum absolute atomic E-state index is 11.4. The highest BCUT2D eigenvalue weighted by molar-refractivity contribution is 6.39. The highest BCUT2D eigenvalue weighted by atomic mass is 35.5. The molecule has 0 aliphatic heterocycles. The minimum atomic E-state index is -0.936. The van der Waals surface area contributed by atoms with E-state index in [1.54, 1.807) is 13.8 Å². The predicted octanol–water partition coefficient (Wildman–Crippen LogP) is 4.20. The van der Waals surface area contributed by atoms with Gasteiger partial charge in [-0.1, -0.05) is 37.0 Å². The molecule has 116 valence electrons. The molecule has 0 bridgehead atoms. The van der Waals surface area contributed by atoms with Crippen molar-refractivity contribution in [2.45, 2.75) is 26.7 Å². The Morgan fingerprint density at radius 1 is 1.33 bits per heavy atom. The lowest BCUT2D eigenvalue weighted by molar-refractivity contribution is -0.384. The van der Waals surface area contributed by atoms with E-state index in [1.807, 2.05) is 0 Å². The molecule has 0 aliphatic carbocycles. The van der Waals surface area contributed by atoms with Crippen LogP contribution < -0.4 is 5.32 Å². The van der Waals surface area contributed by atoms with Crippen LogP contribution in [0.2, 0.25) is 10.0 Å². The number of nitro benzene ring substituents is 1. The number of nitrogens with zero attached hydrogens (tertiary/aromatic N) is 1. The van der Waals surface area contributed by atoms with E-state index in [2.05, 4.69) is 5.32 Å². The third kappa shape index (κ3) is 3.77. The van der Waals surface area contributed by atoms with E-state index in [1.165, 1.54) is 12.1 Å². The number of rotatable bonds is 7. The molecule has 6 nitrogen and oxygen atoms in total. The first-order chi connectivity index (χ1) is 9.77. The van der Waals surface area contributed by atoms with Crippen molar-refractivity contribution in [3.8, 4) is 0 Å². The van der Waals surface area contributed by atoms with Gasteiger partial charge in [0.05, 0.1) is 26.1 Å². The molecule has 0 amide bonds. The van der Waals surface area contributed by atoms with Gasteiger partial charge in [0.25, 0.3) is 5.69 Å². The second-order valence-corrected chi connectivity index (χ2v) is 5.50. The molecular formula is C13H16Cl2N2O4. The second-order valence-electron chi connectivity index (χ2n) is 4.69. The first-order valence-corrected chi connectivity index (χ1v) is 7.13. The molecule has 0 saturated heterocycles. The van der Waals surface area contributed by atoms with Crippen LogP contribution in [0.15, 0.2) is 12.1 Å². The Labute approximate surface area is 132 Å². The van der Waals surface area contributed by atoms with E-state index in [9.17, 15) is 20.0 Å². The maximum Gasteiger partial charge on any atom is 0.311 e. The molecule has 2 N–H and O–H groups in total. The van der Waals surface area contributed by atoms with Crippen molar-refractivity contribution < 1.29 is 14.8 Å². The zero-order valence-electron chi connectivity index (χ0n) is 11.7. The number of hydrogen-bond acceptors (Lipinski definition) is 4. The first kappa shape index (κ1) is 17.5. The van der Waals surface area contributed by atoms with Gasteiger partial charge in [-0.2, -0.15) is 0 Å². The molecule has 1 aromatic rings. The topological polar surface area (TPSA) is 92.5 Å². The van der Waals surface area contributed by atoms with Gasteiger partial charge in [-0.05, 0) is 12.8 Å². The molecule has 0 unspecified atom stereocenters. The number of anilines is 1. The van der Waals surface area contributed by atoms with Crippen molar-refractivity contribution in [3.63, 3.8) is 0 Å². The predicted molar refractivity (Wildman–Crippen MR) is 82.3 cm³/mol. The molecule has 0 aliphatic rings. The molecular weight excluding hydrogens is 319 g/mol. The molecule has 1 aromatic carbocycles. The highest BCUT2D eigenvalue weighted by Gasteiger charge is 2.35. The van der Waals surface area contributed by atoms with E-state index in [0.29, 0.717) is 18.5 Å². The van der Waals surface area contributed by atoms with Crippen LogP contribution in [0.1, 0.15) is 26.7 Å². The molecule has 0 saturated carbocycles. The Kier molecular flexibility index (Phi) is 5.80. The van der Waals surface area contributed by atoms with Crippen molar-refractivity contribution in [1.29, 1.82) is 0 Å². The second kappa shape index (κ2) is 6.95. The fraction of sp³-hybridized carbons (Fsp3) is 0.462. The minimum absolute atomic E-state index is 0.0840. The number of non-ortho nitro benzene ring substituents is 1. The lowest BCUT2D eigenvalue weighted by atomic mass is 9.82. The average molecular weight is 335 g/mol. The average Bonchev–Trinajstić information content (AvgIpc) is 2.41. The van der Waals surface area contributed by atoms with Crippen molar-refractivity contribution >= 4 is 40.5 Å². The standard InChI is InChI=1S/C13H16Cl2N2O4/c1-3-13(4-2,12(18)19)7-16-11-9(14)5-8(17(20)21)6-10(11)15/h5-6,16H,3-4,7H2,1-2H3,(H,18,19). The van der Waals surface area contributed by atoms with E-state index >= 15 is 0 Å². The zero-order valence-corrected chi connectivity index (χ0v) is 13.2. The lowest BCUT2D eigenvalue weighted by Gasteiger charge is -2.27. The molecule has 0 heterocycles. The zero-order chi connectivity index (χ0) is 16.2. The van der Waals surface area contributed by atoms with Gasteiger partial charge in [-0.3, -0.25) is 14.9 Å². The Hall–Kier alpha value is -1.53. The van der Waals surface area contributed by atoms with Crippen LogP contribution in [0.5, 0.6) is 0 Å². The van der Waals surface area contributed by atoms with Crippen LogP contribution in [-0.2, 0) is 4.79 Å². The van der Waals surface area contributed by atoms with Gasteiger partial charge in [0.2, 0.25) is 0 Å². The maximum atomic E-state index is 11.4. The Morgan fingerprint density at radius 3 is 2.14 bits per heavy atom. The van der Waals surface area contributed by atoms with Gasteiger partial charge < -0.3 is 10.4 Å². The Morgan fingerprint density at radius 2 is 1.81 bits per heavy atom. The fourth-order valence-electron chi connectivity index (χ4n) is 1.97. The van der Waals surface area contributed by atoms with Gasteiger partial charge in [-0.25, -0.2) is 0 Å². The van der Waals surface area contributed by atoms with E-state index in [4.69, 9.17) is 23.2 Å². The first-order valence-electron chi connectivity index (χ1n) is 6.38. The molecule has 21 heavy (non-hydrogen) atoms. The summed E-state index contributed by atoms with van der Waals surface area (Å²) >= 11 is 11.9. The van der Waals surface area contributed by atoms with Gasteiger partial charge >= 0.3 is 5.97 Å². The van der Waals surface area contributed by atoms with Crippen LogP contribution >= 0.6 is 23.2 Å². The van der Waals surface area contributed by atoms with Crippen LogP contribution in [0, 0.1) is 15.5 Å². The summed E-state index contributed by atoms with van der Waals surface area (Å²) in [6, 6.07) is 2.35. The normalized spacial score (nSPS) is 11.2. The number of carboxylic acids is 1. The summed E-state index contributed by atoms with van der Waals surface area (Å²) in [5.74, 6) is -0.908. The largest absolute Gasteiger partial charge is 0.481 e. The summed E-state index contributed by atoms with van der Waals surface area (Å²) in [6.45, 7) is 3.71. The highest BCUT2D eigenvalue weighted by Crippen LogP contribution is 2.36. The molecule has 0 atom stereocenters. The number of carboxylic acid groups (broad SMARTS) is 1. The quantitative estimate of drug-likeness (QED) is 0.575. The summed E-state index contributed by atoms with van der Waals surface area (Å²) in [6.07, 6.45) is 0.877. The molecule has 0 fully saturated rings. The van der Waals surface area contributed by atoms with Gasteiger partial charge in [0, 0.05) is 18.7 Å². The molecule has 1 rings (SSSR count). The van der Waals surface area contributed by atoms with Crippen molar-refractivity contribution in [2.75, 3.05) is 11.9 Å². The molecule has 0 radical (unpaired) electrons. The number of nitro groups is 1. The summed E-state index contributed by atoms with van der Waals surface area (Å²) in [5, 5.41) is 23.1. The van der Waals surface area contributed by atoms with Crippen LogP contribution in [0.4, 0.5) is 11.4 Å². The Balaban J connectivity index is 3.04. The third-order valence-corrected chi connectivity index (χ3v) is 4.24. The van der Waals surface area contributed by atoms with Gasteiger partial charge in [0.15, 0.2) is 0 Å². The summed E-state index contributed by atoms with van der Waals surface area (Å²) in [5.41, 5.74) is -0.850. The summed E-state index contributed by atoms with van der Waals surface area (Å²) in [7, 11) is 0. The number of halogens is 2. The van der Waals surface area contributed by atoms with E-state index < -0.39 is 16.3 Å². The lowest BCUT2D eigenvalue weighted by Crippen LogP contribution is -2.37. The van der Waals surface area contributed by atoms with Crippen LogP contribution in [-0.4, -0.2) is 22.5 Å². The number of nitrogens with one attached hydrogen (secondary N) is 1. The van der Waals surface area contributed by atoms with Gasteiger partial charge in [-0.15, -0.1) is 0 Å². The number of hydrogen-bond donors (Lipinski definition) is 2.